The quantitative estimate of drug-likeness (QED) is 0.414. The van der Waals surface area contributed by atoms with E-state index in [0.29, 0.717) is 26.9 Å². The van der Waals surface area contributed by atoms with Gasteiger partial charge in [0.05, 0.1) is 11.6 Å². The Kier molecular flexibility index (Phi) is 3.42. The van der Waals surface area contributed by atoms with Gasteiger partial charge in [-0.15, -0.1) is 0 Å². The molecule has 0 N–H and O–H groups in total. The first kappa shape index (κ1) is 13.1. The van der Waals surface area contributed by atoms with E-state index in [4.69, 9.17) is 11.6 Å². The number of halogens is 1. The molecule has 7 heteroatoms. The maximum absolute atomic E-state index is 12.4. The Morgan fingerprint density at radius 2 is 2.00 bits per heavy atom. The van der Waals surface area contributed by atoms with Crippen molar-refractivity contribution in [2.24, 2.45) is 0 Å². The van der Waals surface area contributed by atoms with E-state index in [0.717, 1.165) is 0 Å². The maximum atomic E-state index is 12.4. The van der Waals surface area contributed by atoms with Crippen molar-refractivity contribution in [3.8, 4) is 0 Å². The van der Waals surface area contributed by atoms with Crippen LogP contribution >= 0.6 is 23.4 Å². The van der Waals surface area contributed by atoms with E-state index >= 15 is 0 Å². The summed E-state index contributed by atoms with van der Waals surface area (Å²) in [6, 6.07) is 8.91. The van der Waals surface area contributed by atoms with E-state index < -0.39 is 0 Å². The number of carbonyl (C=O) groups is 1. The van der Waals surface area contributed by atoms with Gasteiger partial charge >= 0.3 is 0 Å². The van der Waals surface area contributed by atoms with Crippen molar-refractivity contribution >= 4 is 40.3 Å². The molecule has 3 rings (SSSR count). The van der Waals surface area contributed by atoms with Crippen LogP contribution in [-0.2, 0) is 0 Å². The molecule has 0 spiro atoms. The van der Waals surface area contributed by atoms with Gasteiger partial charge in [0.15, 0.2) is 10.8 Å². The van der Waals surface area contributed by atoms with Crippen LogP contribution in [0.2, 0.25) is 5.15 Å². The molecule has 0 aliphatic rings. The molecule has 0 aliphatic carbocycles. The van der Waals surface area contributed by atoms with Gasteiger partial charge in [-0.3, -0.25) is 4.79 Å². The van der Waals surface area contributed by atoms with E-state index in [1.807, 2.05) is 12.3 Å². The van der Waals surface area contributed by atoms with Gasteiger partial charge in [0.1, 0.15) is 5.15 Å². The Balaban J connectivity index is 2.17. The summed E-state index contributed by atoms with van der Waals surface area (Å²) in [7, 11) is 0. The molecule has 0 bridgehead atoms. The number of hydrogen-bond acceptors (Lipinski definition) is 5. The zero-order chi connectivity index (χ0) is 14.1. The number of rotatable bonds is 2. The summed E-state index contributed by atoms with van der Waals surface area (Å²) in [6.07, 6.45) is 3.35. The van der Waals surface area contributed by atoms with Gasteiger partial charge in [-0.25, -0.2) is 9.97 Å². The number of carbonyl (C=O) groups excluding carboxylic acids is 1. The third kappa shape index (κ3) is 2.17. The third-order valence-electron chi connectivity index (χ3n) is 2.76. The third-order valence-corrected chi connectivity index (χ3v) is 3.59. The van der Waals surface area contributed by atoms with E-state index in [-0.39, 0.29) is 5.91 Å². The first-order chi connectivity index (χ1) is 9.70. The van der Waals surface area contributed by atoms with Crippen LogP contribution in [0.25, 0.3) is 11.0 Å². The Bertz CT molecular complexity index is 788. The molecular weight excluding hydrogens is 296 g/mol. The largest absolute Gasteiger partial charge is 0.280 e. The van der Waals surface area contributed by atoms with Gasteiger partial charge in [0.2, 0.25) is 0 Å². The first-order valence-electron chi connectivity index (χ1n) is 5.75. The lowest BCUT2D eigenvalue weighted by Crippen LogP contribution is -2.14. The van der Waals surface area contributed by atoms with E-state index in [1.54, 1.807) is 24.3 Å². The lowest BCUT2D eigenvalue weighted by atomic mass is 10.2. The van der Waals surface area contributed by atoms with Crippen LogP contribution in [0.15, 0.2) is 41.7 Å². The van der Waals surface area contributed by atoms with Gasteiger partial charge in [-0.1, -0.05) is 41.6 Å². The molecule has 2 aromatic heterocycles. The highest BCUT2D eigenvalue weighted by Crippen LogP contribution is 2.23. The van der Waals surface area contributed by atoms with Gasteiger partial charge < -0.3 is 0 Å². The first-order valence-corrected chi connectivity index (χ1v) is 7.36. The molecule has 20 heavy (non-hydrogen) atoms. The molecule has 0 saturated carbocycles. The summed E-state index contributed by atoms with van der Waals surface area (Å²) in [4.78, 5) is 20.8. The number of nitrogens with zero attached hydrogens (tertiary/aromatic N) is 4. The van der Waals surface area contributed by atoms with Crippen molar-refractivity contribution in [2.75, 3.05) is 6.26 Å². The number of benzene rings is 1. The van der Waals surface area contributed by atoms with Gasteiger partial charge in [0, 0.05) is 5.56 Å². The minimum atomic E-state index is -0.248. The molecule has 100 valence electrons. The van der Waals surface area contributed by atoms with Crippen LogP contribution in [-0.4, -0.2) is 31.9 Å². The molecule has 0 atom stereocenters. The molecular formula is C13H9ClN4OS. The SMILES string of the molecule is CSc1nc(Cl)c2cnn(C(=O)c3ccccc3)c2n1. The summed E-state index contributed by atoms with van der Waals surface area (Å²) in [5.74, 6) is -0.248. The fourth-order valence-corrected chi connectivity index (χ4v) is 2.42. The van der Waals surface area contributed by atoms with Gasteiger partial charge in [-0.05, 0) is 18.4 Å². The number of fused-ring (bicyclic) bond motifs is 1. The van der Waals surface area contributed by atoms with Crippen molar-refractivity contribution in [3.05, 3.63) is 47.2 Å². The van der Waals surface area contributed by atoms with Crippen molar-refractivity contribution < 1.29 is 4.79 Å². The molecule has 0 amide bonds. The van der Waals surface area contributed by atoms with Crippen LogP contribution in [0.4, 0.5) is 0 Å². The Hall–Kier alpha value is -1.92. The second kappa shape index (κ2) is 5.22. The zero-order valence-electron chi connectivity index (χ0n) is 10.4. The van der Waals surface area contributed by atoms with E-state index in [1.165, 1.54) is 22.6 Å². The minimum absolute atomic E-state index is 0.248. The molecule has 0 unspecified atom stereocenters. The lowest BCUT2D eigenvalue weighted by molar-refractivity contribution is 0.0949. The minimum Gasteiger partial charge on any atom is -0.267 e. The number of aromatic nitrogens is 4. The topological polar surface area (TPSA) is 60.7 Å². The van der Waals surface area contributed by atoms with Gasteiger partial charge in [0.25, 0.3) is 5.91 Å². The average molecular weight is 305 g/mol. The molecule has 0 fully saturated rings. The highest BCUT2D eigenvalue weighted by molar-refractivity contribution is 7.98. The predicted molar refractivity (Wildman–Crippen MR) is 78.3 cm³/mol. The van der Waals surface area contributed by atoms with Crippen molar-refractivity contribution in [1.29, 1.82) is 0 Å². The smallest absolute Gasteiger partial charge is 0.267 e. The second-order valence-corrected chi connectivity index (χ2v) is 5.10. The van der Waals surface area contributed by atoms with Crippen molar-refractivity contribution in [3.63, 3.8) is 0 Å². The van der Waals surface area contributed by atoms with E-state index in [9.17, 15) is 4.79 Å². The number of hydrogen-bond donors (Lipinski definition) is 0. The van der Waals surface area contributed by atoms with Crippen LogP contribution in [0.1, 0.15) is 10.4 Å². The fourth-order valence-electron chi connectivity index (χ4n) is 1.80. The predicted octanol–water partition coefficient (Wildman–Crippen LogP) is 2.89. The van der Waals surface area contributed by atoms with Crippen molar-refractivity contribution in [2.45, 2.75) is 5.16 Å². The highest BCUT2D eigenvalue weighted by Gasteiger charge is 2.17. The maximum Gasteiger partial charge on any atom is 0.280 e. The summed E-state index contributed by atoms with van der Waals surface area (Å²) in [5, 5.41) is 5.44. The summed E-state index contributed by atoms with van der Waals surface area (Å²) < 4.78 is 1.25. The lowest BCUT2D eigenvalue weighted by Gasteiger charge is -2.03. The molecule has 2 heterocycles. The molecule has 1 aromatic carbocycles. The number of thioether (sulfide) groups is 1. The molecule has 5 nitrogen and oxygen atoms in total. The highest BCUT2D eigenvalue weighted by atomic mass is 35.5. The van der Waals surface area contributed by atoms with Crippen LogP contribution < -0.4 is 0 Å². The normalized spacial score (nSPS) is 10.9. The Morgan fingerprint density at radius 3 is 2.70 bits per heavy atom. The van der Waals surface area contributed by atoms with E-state index in [2.05, 4.69) is 15.1 Å². The van der Waals surface area contributed by atoms with Crippen molar-refractivity contribution in [1.82, 2.24) is 19.7 Å². The monoisotopic (exact) mass is 304 g/mol. The van der Waals surface area contributed by atoms with Crippen LogP contribution in [0.3, 0.4) is 0 Å². The zero-order valence-corrected chi connectivity index (χ0v) is 12.0. The molecule has 3 aromatic rings. The summed E-state index contributed by atoms with van der Waals surface area (Å²) >= 11 is 7.43. The van der Waals surface area contributed by atoms with Crippen LogP contribution in [0, 0.1) is 0 Å². The molecule has 0 radical (unpaired) electrons. The average Bonchev–Trinajstić information content (AvgIpc) is 2.91. The standard InChI is InChI=1S/C13H9ClN4OS/c1-20-13-16-10(14)9-7-15-18(11(9)17-13)12(19)8-5-3-2-4-6-8/h2-7H,1H3. The fraction of sp³-hybridized carbons (Fsp3) is 0.0769. The molecule has 0 aliphatic heterocycles. The second-order valence-electron chi connectivity index (χ2n) is 3.97. The summed E-state index contributed by atoms with van der Waals surface area (Å²) in [5.41, 5.74) is 0.959. The van der Waals surface area contributed by atoms with Gasteiger partial charge in [-0.2, -0.15) is 9.78 Å². The summed E-state index contributed by atoms with van der Waals surface area (Å²) in [6.45, 7) is 0. The van der Waals surface area contributed by atoms with Crippen LogP contribution in [0.5, 0.6) is 0 Å². The molecule has 0 saturated heterocycles. The Morgan fingerprint density at radius 1 is 1.25 bits per heavy atom. The Labute approximate surface area is 124 Å².